The molecule has 0 spiro atoms. The van der Waals surface area contributed by atoms with E-state index >= 15 is 0 Å². The molecule has 0 unspecified atom stereocenters. The van der Waals surface area contributed by atoms with Crippen molar-refractivity contribution in [2.45, 2.75) is 25.0 Å². The number of hydrogen-bond donors (Lipinski definition) is 0. The van der Waals surface area contributed by atoms with Crippen molar-refractivity contribution in [3.63, 3.8) is 0 Å². The van der Waals surface area contributed by atoms with Gasteiger partial charge in [0, 0.05) is 4.60 Å². The normalized spacial score (nSPS) is 9.50. The first-order valence-electron chi connectivity index (χ1n) is 3.49. The first-order chi connectivity index (χ1) is 5.33. The van der Waals surface area contributed by atoms with Crippen LogP contribution in [0.25, 0.3) is 0 Å². The molecule has 0 atom stereocenters. The zero-order chi connectivity index (χ0) is 8.10. The number of halogens is 1. The number of nitrogens with zero attached hydrogens (tertiary/aromatic N) is 1. The molecule has 2 nitrogen and oxygen atoms in total. The van der Waals surface area contributed by atoms with E-state index in [9.17, 15) is 0 Å². The minimum absolute atomic E-state index is 0. The third-order valence-electron chi connectivity index (χ3n) is 1.14. The fraction of sp³-hybridized carbons (Fsp3) is 0.571. The van der Waals surface area contributed by atoms with Crippen LogP contribution >= 0.6 is 27.7 Å². The molecule has 0 aliphatic rings. The van der Waals surface area contributed by atoms with Crippen LogP contribution in [0.3, 0.4) is 0 Å². The van der Waals surface area contributed by atoms with E-state index in [0.29, 0.717) is 9.83 Å². The molecule has 1 heterocycles. The Morgan fingerprint density at radius 1 is 1.67 bits per heavy atom. The second-order valence-corrected chi connectivity index (χ2v) is 3.87. The van der Waals surface area contributed by atoms with Gasteiger partial charge < -0.3 is 9.40 Å². The van der Waals surface area contributed by atoms with Crippen molar-refractivity contribution in [1.82, 2.24) is 4.98 Å². The van der Waals surface area contributed by atoms with Crippen molar-refractivity contribution in [2.75, 3.05) is 5.75 Å². The summed E-state index contributed by atoms with van der Waals surface area (Å²) in [4.78, 5) is 4.04. The van der Waals surface area contributed by atoms with Gasteiger partial charge in [-0.25, -0.2) is 0 Å². The number of aromatic nitrogens is 1. The van der Waals surface area contributed by atoms with E-state index in [4.69, 9.17) is 4.42 Å². The number of oxazole rings is 1. The molecule has 0 saturated heterocycles. The summed E-state index contributed by atoms with van der Waals surface area (Å²) in [5.74, 6) is 1.07. The Bertz CT molecular complexity index is 219. The molecule has 0 amide bonds. The molecule has 0 aliphatic carbocycles. The second-order valence-electron chi connectivity index (χ2n) is 2.07. The number of thioether (sulfide) groups is 1. The first-order valence-corrected chi connectivity index (χ1v) is 5.27. The standard InChI is InChI=1S/C7H9BrNOS.Li/c1-2-3-4-11-7-9-6(8)5-10-7;/h2-4H2,1H3;/q-1;+1. The van der Waals surface area contributed by atoms with Crippen LogP contribution in [-0.2, 0) is 0 Å². The molecule has 1 aromatic rings. The van der Waals surface area contributed by atoms with Gasteiger partial charge in [-0.05, 0) is 18.4 Å². The number of unbranched alkanes of at least 4 members (excludes halogenated alkanes) is 1. The van der Waals surface area contributed by atoms with E-state index in [1.165, 1.54) is 12.8 Å². The minimum Gasteiger partial charge on any atom is -0.622 e. The topological polar surface area (TPSA) is 26.0 Å². The van der Waals surface area contributed by atoms with Gasteiger partial charge in [-0.3, -0.25) is 0 Å². The molecular formula is C7H9BrLiNOS. The van der Waals surface area contributed by atoms with Gasteiger partial charge in [-0.1, -0.05) is 29.3 Å². The minimum atomic E-state index is 0. The smallest absolute Gasteiger partial charge is 0.622 e. The summed E-state index contributed by atoms with van der Waals surface area (Å²) in [7, 11) is 0. The summed E-state index contributed by atoms with van der Waals surface area (Å²) in [6, 6.07) is 0. The molecule has 1 aromatic heterocycles. The van der Waals surface area contributed by atoms with Crippen LogP contribution in [0.5, 0.6) is 0 Å². The fourth-order valence-corrected chi connectivity index (χ4v) is 1.80. The Labute approximate surface area is 97.2 Å². The maximum Gasteiger partial charge on any atom is 1.00 e. The first kappa shape index (κ1) is 12.6. The van der Waals surface area contributed by atoms with E-state index in [0.717, 1.165) is 5.75 Å². The molecule has 0 fully saturated rings. The van der Waals surface area contributed by atoms with Gasteiger partial charge in [0.05, 0.1) is 5.22 Å². The molecule has 0 radical (unpaired) electrons. The van der Waals surface area contributed by atoms with Crippen molar-refractivity contribution >= 4 is 27.7 Å². The summed E-state index contributed by atoms with van der Waals surface area (Å²) < 4.78 is 5.64. The van der Waals surface area contributed by atoms with Crippen LogP contribution in [0.4, 0.5) is 0 Å². The van der Waals surface area contributed by atoms with Crippen LogP contribution in [0.15, 0.2) is 14.2 Å². The van der Waals surface area contributed by atoms with Gasteiger partial charge in [0.1, 0.15) is 0 Å². The van der Waals surface area contributed by atoms with Gasteiger partial charge >= 0.3 is 18.9 Å². The Hall–Kier alpha value is 0.637. The average Bonchev–Trinajstić information content (AvgIpc) is 2.37. The maximum atomic E-state index is 4.99. The largest absolute Gasteiger partial charge is 1.00 e. The molecule has 1 rings (SSSR count). The molecule has 5 heteroatoms. The van der Waals surface area contributed by atoms with Crippen molar-refractivity contribution in [3.8, 4) is 0 Å². The molecule has 0 bridgehead atoms. The van der Waals surface area contributed by atoms with Crippen LogP contribution in [0, 0.1) is 6.26 Å². The predicted molar refractivity (Wildman–Crippen MR) is 48.7 cm³/mol. The van der Waals surface area contributed by atoms with Gasteiger partial charge in [-0.2, -0.15) is 11.8 Å². The molecule has 0 N–H and O–H groups in total. The van der Waals surface area contributed by atoms with E-state index in [2.05, 4.69) is 34.1 Å². The van der Waals surface area contributed by atoms with Gasteiger partial charge in [-0.15, -0.1) is 0 Å². The summed E-state index contributed by atoms with van der Waals surface area (Å²) >= 11 is 4.79. The van der Waals surface area contributed by atoms with E-state index in [1.807, 2.05) is 0 Å². The van der Waals surface area contributed by atoms with Crippen LogP contribution < -0.4 is 18.9 Å². The predicted octanol–water partition coefficient (Wildman–Crippen LogP) is 0.133. The Kier molecular flexibility index (Phi) is 7.46. The molecule has 12 heavy (non-hydrogen) atoms. The second kappa shape index (κ2) is 7.08. The molecule has 0 aliphatic heterocycles. The van der Waals surface area contributed by atoms with Gasteiger partial charge in [0.2, 0.25) is 0 Å². The molecule has 62 valence electrons. The van der Waals surface area contributed by atoms with Gasteiger partial charge in [0.25, 0.3) is 0 Å². The maximum absolute atomic E-state index is 4.99. The number of rotatable bonds is 4. The Balaban J connectivity index is 0.00000121. The molecular weight excluding hydrogens is 233 g/mol. The average molecular weight is 242 g/mol. The Morgan fingerprint density at radius 3 is 2.92 bits per heavy atom. The zero-order valence-corrected chi connectivity index (χ0v) is 9.67. The fourth-order valence-electron chi connectivity index (χ4n) is 0.577. The van der Waals surface area contributed by atoms with Gasteiger partial charge in [0.15, 0.2) is 0 Å². The van der Waals surface area contributed by atoms with E-state index in [-0.39, 0.29) is 18.9 Å². The zero-order valence-electron chi connectivity index (χ0n) is 7.26. The monoisotopic (exact) mass is 241 g/mol. The van der Waals surface area contributed by atoms with Crippen molar-refractivity contribution in [2.24, 2.45) is 0 Å². The van der Waals surface area contributed by atoms with Crippen molar-refractivity contribution < 1.29 is 23.3 Å². The van der Waals surface area contributed by atoms with Crippen LogP contribution in [0.1, 0.15) is 19.8 Å². The van der Waals surface area contributed by atoms with E-state index < -0.39 is 0 Å². The van der Waals surface area contributed by atoms with Crippen LogP contribution in [-0.4, -0.2) is 10.7 Å². The summed E-state index contributed by atoms with van der Waals surface area (Å²) in [6.07, 6.45) is 5.01. The third kappa shape index (κ3) is 4.61. The summed E-state index contributed by atoms with van der Waals surface area (Å²) in [5, 5.41) is 0.699. The summed E-state index contributed by atoms with van der Waals surface area (Å²) in [6.45, 7) is 2.16. The van der Waals surface area contributed by atoms with E-state index in [1.54, 1.807) is 11.8 Å². The SMILES string of the molecule is CCCCSc1nc(Br)[c-]o1.[Li+]. The van der Waals surface area contributed by atoms with Crippen LogP contribution in [0.2, 0.25) is 0 Å². The Morgan fingerprint density at radius 2 is 2.42 bits per heavy atom. The quantitative estimate of drug-likeness (QED) is 0.325. The van der Waals surface area contributed by atoms with Crippen molar-refractivity contribution in [3.05, 3.63) is 10.9 Å². The van der Waals surface area contributed by atoms with Crippen molar-refractivity contribution in [1.29, 1.82) is 0 Å². The molecule has 0 saturated carbocycles. The third-order valence-corrected chi connectivity index (χ3v) is 2.39. The summed E-state index contributed by atoms with van der Waals surface area (Å²) in [5.41, 5.74) is 0. The molecule has 0 aromatic carbocycles. The number of hydrogen-bond acceptors (Lipinski definition) is 3.